The first kappa shape index (κ1) is 13.6. The Kier molecular flexibility index (Phi) is 3.25. The van der Waals surface area contributed by atoms with Gasteiger partial charge in [0.2, 0.25) is 0 Å². The van der Waals surface area contributed by atoms with Crippen LogP contribution in [-0.2, 0) is 12.2 Å². The van der Waals surface area contributed by atoms with Crippen molar-refractivity contribution in [3.05, 3.63) is 35.3 Å². The van der Waals surface area contributed by atoms with E-state index >= 15 is 0 Å². The van der Waals surface area contributed by atoms with Gasteiger partial charge in [-0.3, -0.25) is 9.48 Å². The van der Waals surface area contributed by atoms with Crippen molar-refractivity contribution in [1.29, 1.82) is 0 Å². The molecule has 0 saturated carbocycles. The number of amides is 1. The molecule has 0 spiro atoms. The van der Waals surface area contributed by atoms with Gasteiger partial charge in [0, 0.05) is 31.5 Å². The summed E-state index contributed by atoms with van der Waals surface area (Å²) in [6, 6.07) is 2.41. The van der Waals surface area contributed by atoms with Crippen molar-refractivity contribution in [3.63, 3.8) is 0 Å². The van der Waals surface area contributed by atoms with Crippen molar-refractivity contribution in [3.8, 4) is 0 Å². The van der Waals surface area contributed by atoms with E-state index in [9.17, 15) is 4.79 Å². The Morgan fingerprint density at radius 1 is 1.36 bits per heavy atom. The van der Waals surface area contributed by atoms with Gasteiger partial charge in [0.15, 0.2) is 5.82 Å². The molecule has 2 aromatic rings. The molecule has 2 N–H and O–H groups in total. The molecule has 0 atom stereocenters. The summed E-state index contributed by atoms with van der Waals surface area (Å²) in [7, 11) is 0. The SMILES string of the molecule is NC(=O)c1cnn(C2CN(c3cc4c(nn3)CCSC4)C2)c1. The van der Waals surface area contributed by atoms with E-state index in [1.54, 1.807) is 10.9 Å². The fourth-order valence-electron chi connectivity index (χ4n) is 2.76. The Morgan fingerprint density at radius 3 is 3.00 bits per heavy atom. The van der Waals surface area contributed by atoms with E-state index in [4.69, 9.17) is 5.73 Å². The molecule has 2 aliphatic rings. The number of nitrogens with two attached hydrogens (primary N) is 1. The fourth-order valence-corrected chi connectivity index (χ4v) is 3.71. The van der Waals surface area contributed by atoms with Crippen LogP contribution in [-0.4, -0.2) is 44.7 Å². The molecule has 2 aromatic heterocycles. The Balaban J connectivity index is 1.45. The number of fused-ring (bicyclic) bond motifs is 1. The number of primary amides is 1. The Bertz CT molecular complexity index is 724. The number of anilines is 1. The molecule has 4 rings (SSSR count). The Labute approximate surface area is 131 Å². The summed E-state index contributed by atoms with van der Waals surface area (Å²) >= 11 is 1.94. The van der Waals surface area contributed by atoms with Crippen LogP contribution < -0.4 is 10.6 Å². The van der Waals surface area contributed by atoms with Crippen LogP contribution >= 0.6 is 11.8 Å². The highest BCUT2D eigenvalue weighted by molar-refractivity contribution is 7.98. The summed E-state index contributed by atoms with van der Waals surface area (Å²) in [5.41, 5.74) is 8.14. The minimum Gasteiger partial charge on any atom is -0.366 e. The van der Waals surface area contributed by atoms with E-state index in [2.05, 4.69) is 26.3 Å². The molecule has 1 fully saturated rings. The lowest BCUT2D eigenvalue weighted by atomic mass is 10.1. The molecular formula is C14H16N6OS. The highest BCUT2D eigenvalue weighted by Gasteiger charge is 2.31. The molecule has 1 amide bonds. The maximum Gasteiger partial charge on any atom is 0.251 e. The predicted octanol–water partition coefficient (Wildman–Crippen LogP) is 0.623. The number of rotatable bonds is 3. The van der Waals surface area contributed by atoms with Crippen molar-refractivity contribution < 1.29 is 4.79 Å². The van der Waals surface area contributed by atoms with E-state index < -0.39 is 5.91 Å². The molecule has 4 heterocycles. The lowest BCUT2D eigenvalue weighted by molar-refractivity contribution is 0.1000. The molecule has 0 aliphatic carbocycles. The zero-order chi connectivity index (χ0) is 15.1. The summed E-state index contributed by atoms with van der Waals surface area (Å²) in [6.45, 7) is 1.64. The first-order valence-corrected chi connectivity index (χ1v) is 8.38. The molecule has 8 heteroatoms. The topological polar surface area (TPSA) is 89.9 Å². The number of nitrogens with zero attached hydrogens (tertiary/aromatic N) is 5. The van der Waals surface area contributed by atoms with Gasteiger partial charge in [-0.2, -0.15) is 22.0 Å². The van der Waals surface area contributed by atoms with Crippen LogP contribution in [0.1, 0.15) is 27.7 Å². The predicted molar refractivity (Wildman–Crippen MR) is 83.9 cm³/mol. The van der Waals surface area contributed by atoms with Gasteiger partial charge in [-0.25, -0.2) is 0 Å². The first-order chi connectivity index (χ1) is 10.7. The number of aromatic nitrogens is 4. The average Bonchev–Trinajstić information content (AvgIpc) is 2.95. The zero-order valence-electron chi connectivity index (χ0n) is 12.0. The zero-order valence-corrected chi connectivity index (χ0v) is 12.8. The summed E-state index contributed by atoms with van der Waals surface area (Å²) in [5.74, 6) is 2.64. The lowest BCUT2D eigenvalue weighted by Gasteiger charge is -2.40. The average molecular weight is 316 g/mol. The number of hydrogen-bond donors (Lipinski definition) is 1. The third kappa shape index (κ3) is 2.33. The molecule has 0 bridgehead atoms. The third-order valence-corrected chi connectivity index (χ3v) is 5.14. The molecular weight excluding hydrogens is 300 g/mol. The summed E-state index contributed by atoms with van der Waals surface area (Å²) in [5, 5.41) is 12.9. The van der Waals surface area contributed by atoms with Gasteiger partial charge in [0.1, 0.15) is 0 Å². The lowest BCUT2D eigenvalue weighted by Crippen LogP contribution is -2.48. The van der Waals surface area contributed by atoms with Gasteiger partial charge >= 0.3 is 0 Å². The molecule has 22 heavy (non-hydrogen) atoms. The van der Waals surface area contributed by atoms with Crippen molar-refractivity contribution in [2.24, 2.45) is 5.73 Å². The second kappa shape index (κ2) is 5.28. The van der Waals surface area contributed by atoms with Crippen LogP contribution in [0.15, 0.2) is 18.5 Å². The van der Waals surface area contributed by atoms with Crippen LogP contribution in [0.3, 0.4) is 0 Å². The van der Waals surface area contributed by atoms with Crippen LogP contribution in [0.5, 0.6) is 0 Å². The fraction of sp³-hybridized carbons (Fsp3) is 0.429. The second-order valence-corrected chi connectivity index (χ2v) is 6.71. The number of thioether (sulfide) groups is 1. The van der Waals surface area contributed by atoms with E-state index in [0.717, 1.165) is 42.5 Å². The molecule has 1 saturated heterocycles. The van der Waals surface area contributed by atoms with Gasteiger partial charge < -0.3 is 10.6 Å². The molecule has 0 aromatic carbocycles. The van der Waals surface area contributed by atoms with E-state index in [-0.39, 0.29) is 6.04 Å². The highest BCUT2D eigenvalue weighted by Crippen LogP contribution is 2.29. The highest BCUT2D eigenvalue weighted by atomic mass is 32.2. The quantitative estimate of drug-likeness (QED) is 0.893. The van der Waals surface area contributed by atoms with Gasteiger partial charge in [0.25, 0.3) is 5.91 Å². The monoisotopic (exact) mass is 316 g/mol. The number of carbonyl (C=O) groups is 1. The number of carbonyl (C=O) groups excluding carboxylic acids is 1. The van der Waals surface area contributed by atoms with Crippen molar-refractivity contribution >= 4 is 23.5 Å². The first-order valence-electron chi connectivity index (χ1n) is 7.23. The van der Waals surface area contributed by atoms with Crippen LogP contribution in [0.25, 0.3) is 0 Å². The van der Waals surface area contributed by atoms with Crippen LogP contribution in [0.2, 0.25) is 0 Å². The normalized spacial score (nSPS) is 17.9. The van der Waals surface area contributed by atoms with Gasteiger partial charge in [-0.05, 0) is 17.4 Å². The van der Waals surface area contributed by atoms with E-state index in [0.29, 0.717) is 5.56 Å². The molecule has 114 valence electrons. The maximum absolute atomic E-state index is 11.1. The van der Waals surface area contributed by atoms with E-state index in [1.807, 2.05) is 11.8 Å². The maximum atomic E-state index is 11.1. The summed E-state index contributed by atoms with van der Waals surface area (Å²) in [4.78, 5) is 13.3. The molecule has 7 nitrogen and oxygen atoms in total. The third-order valence-electron chi connectivity index (χ3n) is 4.13. The molecule has 0 radical (unpaired) electrons. The largest absolute Gasteiger partial charge is 0.366 e. The van der Waals surface area contributed by atoms with Crippen molar-refractivity contribution in [2.45, 2.75) is 18.2 Å². The van der Waals surface area contributed by atoms with E-state index in [1.165, 1.54) is 11.8 Å². The Morgan fingerprint density at radius 2 is 2.23 bits per heavy atom. The molecule has 2 aliphatic heterocycles. The Hall–Kier alpha value is -2.09. The van der Waals surface area contributed by atoms with Crippen molar-refractivity contribution in [2.75, 3.05) is 23.7 Å². The minimum absolute atomic E-state index is 0.250. The number of aryl methyl sites for hydroxylation is 1. The summed E-state index contributed by atoms with van der Waals surface area (Å²) in [6.07, 6.45) is 4.24. The van der Waals surface area contributed by atoms with Gasteiger partial charge in [-0.15, -0.1) is 5.10 Å². The van der Waals surface area contributed by atoms with Crippen molar-refractivity contribution in [1.82, 2.24) is 20.0 Å². The smallest absolute Gasteiger partial charge is 0.251 e. The summed E-state index contributed by atoms with van der Waals surface area (Å²) < 4.78 is 1.80. The van der Waals surface area contributed by atoms with Crippen LogP contribution in [0.4, 0.5) is 5.82 Å². The van der Waals surface area contributed by atoms with Gasteiger partial charge in [-0.1, -0.05) is 0 Å². The van der Waals surface area contributed by atoms with Crippen LogP contribution in [0, 0.1) is 0 Å². The second-order valence-electron chi connectivity index (χ2n) is 5.61. The van der Waals surface area contributed by atoms with Gasteiger partial charge in [0.05, 0.1) is 23.5 Å². The molecule has 0 unspecified atom stereocenters. The standard InChI is InChI=1S/C14H16N6OS/c15-14(21)10-4-16-20(5-10)11-6-19(7-11)13-3-9-8-22-2-1-12(9)17-18-13/h3-5,11H,1-2,6-8H2,(H2,15,21). The minimum atomic E-state index is -0.444. The number of hydrogen-bond acceptors (Lipinski definition) is 6.